The quantitative estimate of drug-likeness (QED) is 0.516. The van der Waals surface area contributed by atoms with Gasteiger partial charge in [-0.05, 0) is 31.2 Å². The van der Waals surface area contributed by atoms with Crippen molar-refractivity contribution < 1.29 is 24.1 Å². The zero-order valence-corrected chi connectivity index (χ0v) is 16.9. The molecule has 0 aliphatic rings. The van der Waals surface area contributed by atoms with Crippen LogP contribution < -0.4 is 19.7 Å². The summed E-state index contributed by atoms with van der Waals surface area (Å²) < 4.78 is 10.5. The number of nitro benzene ring substituents is 1. The molecule has 0 aliphatic heterocycles. The first-order chi connectivity index (χ1) is 13.3. The average Bonchev–Trinajstić information content (AvgIpc) is 2.68. The van der Waals surface area contributed by atoms with Crippen molar-refractivity contribution >= 4 is 28.9 Å². The maximum Gasteiger partial charge on any atom is 0.282 e. The molecule has 0 heterocycles. The molecule has 150 valence electrons. The molecule has 1 unspecified atom stereocenters. The van der Waals surface area contributed by atoms with Crippen molar-refractivity contribution in [3.63, 3.8) is 0 Å². The Balaban J connectivity index is 2.05. The number of ether oxygens (including phenoxy) is 2. The number of anilines is 1. The van der Waals surface area contributed by atoms with Crippen LogP contribution in [0.1, 0.15) is 12.5 Å². The zero-order chi connectivity index (χ0) is 20.8. The molecule has 0 spiro atoms. The van der Waals surface area contributed by atoms with Crippen molar-refractivity contribution in [3.8, 4) is 11.5 Å². The van der Waals surface area contributed by atoms with Crippen LogP contribution >= 0.6 is 11.6 Å². The third-order valence-electron chi connectivity index (χ3n) is 4.48. The van der Waals surface area contributed by atoms with Crippen LogP contribution in [-0.2, 0) is 11.3 Å². The molecule has 0 fully saturated rings. The van der Waals surface area contributed by atoms with E-state index in [-0.39, 0.29) is 22.7 Å². The third-order valence-corrected chi connectivity index (χ3v) is 4.80. The summed E-state index contributed by atoms with van der Waals surface area (Å²) in [7, 11) is 5.05. The van der Waals surface area contributed by atoms with Gasteiger partial charge in [0.25, 0.3) is 11.6 Å². The predicted molar refractivity (Wildman–Crippen MR) is 106 cm³/mol. The van der Waals surface area contributed by atoms with E-state index in [9.17, 15) is 14.9 Å². The van der Waals surface area contributed by atoms with Crippen molar-refractivity contribution in [1.82, 2.24) is 0 Å². The van der Waals surface area contributed by atoms with Crippen molar-refractivity contribution in [3.05, 3.63) is 57.1 Å². The summed E-state index contributed by atoms with van der Waals surface area (Å²) in [6.45, 7) is 2.38. The topological polar surface area (TPSA) is 95.1 Å². The first-order valence-electron chi connectivity index (χ1n) is 8.54. The number of carbonyl (C=O) groups excluding carboxylic acids is 1. The van der Waals surface area contributed by atoms with E-state index in [4.69, 9.17) is 21.1 Å². The first-order valence-corrected chi connectivity index (χ1v) is 8.92. The molecule has 0 bridgehead atoms. The number of likely N-dealkylation sites (N-methyl/N-ethyl adjacent to an activating group) is 1. The van der Waals surface area contributed by atoms with Gasteiger partial charge < -0.3 is 19.7 Å². The number of quaternary nitrogens is 1. The Morgan fingerprint density at radius 2 is 1.89 bits per heavy atom. The Labute approximate surface area is 168 Å². The van der Waals surface area contributed by atoms with Gasteiger partial charge in [-0.3, -0.25) is 14.9 Å². The van der Waals surface area contributed by atoms with Gasteiger partial charge in [0.1, 0.15) is 6.54 Å². The summed E-state index contributed by atoms with van der Waals surface area (Å²) in [5.74, 6) is 1.03. The average molecular weight is 409 g/mol. The highest BCUT2D eigenvalue weighted by molar-refractivity contribution is 6.34. The Hall–Kier alpha value is -2.84. The number of nitrogens with zero attached hydrogens (tertiary/aromatic N) is 1. The van der Waals surface area contributed by atoms with E-state index in [0.717, 1.165) is 10.5 Å². The summed E-state index contributed by atoms with van der Waals surface area (Å²) in [6.07, 6.45) is 0. The fourth-order valence-electron chi connectivity index (χ4n) is 2.65. The van der Waals surface area contributed by atoms with Gasteiger partial charge in [-0.25, -0.2) is 0 Å². The molecule has 9 heteroatoms. The number of benzene rings is 2. The van der Waals surface area contributed by atoms with Crippen molar-refractivity contribution in [2.75, 3.05) is 26.6 Å². The van der Waals surface area contributed by atoms with Gasteiger partial charge in [-0.15, -0.1) is 0 Å². The van der Waals surface area contributed by atoms with Gasteiger partial charge in [0.05, 0.1) is 36.9 Å². The highest BCUT2D eigenvalue weighted by Crippen LogP contribution is 2.28. The molecule has 28 heavy (non-hydrogen) atoms. The third kappa shape index (κ3) is 5.11. The molecule has 2 aromatic carbocycles. The number of halogens is 1. The van der Waals surface area contributed by atoms with Crippen LogP contribution in [0, 0.1) is 10.1 Å². The Morgan fingerprint density at radius 1 is 1.21 bits per heavy atom. The molecule has 0 saturated carbocycles. The molecule has 0 aromatic heterocycles. The minimum atomic E-state index is -0.541. The van der Waals surface area contributed by atoms with Crippen molar-refractivity contribution in [1.29, 1.82) is 0 Å². The lowest BCUT2D eigenvalue weighted by Gasteiger charge is -2.22. The molecule has 2 atom stereocenters. The van der Waals surface area contributed by atoms with Crippen LogP contribution in [0.25, 0.3) is 0 Å². The zero-order valence-electron chi connectivity index (χ0n) is 16.1. The Morgan fingerprint density at radius 3 is 2.46 bits per heavy atom. The SMILES string of the molecule is COc1ccc(C[NH+](C)[C@@H](C)C(=O)Nc2ccc([N+](=O)[O-])cc2Cl)cc1OC. The smallest absolute Gasteiger partial charge is 0.282 e. The summed E-state index contributed by atoms with van der Waals surface area (Å²) in [4.78, 5) is 23.8. The highest BCUT2D eigenvalue weighted by atomic mass is 35.5. The predicted octanol–water partition coefficient (Wildman–Crippen LogP) is 2.31. The molecular weight excluding hydrogens is 386 g/mol. The maximum atomic E-state index is 12.6. The summed E-state index contributed by atoms with van der Waals surface area (Å²) in [5.41, 5.74) is 1.19. The van der Waals surface area contributed by atoms with E-state index in [1.54, 1.807) is 21.1 Å². The number of nitro groups is 1. The molecule has 0 radical (unpaired) electrons. The second-order valence-electron chi connectivity index (χ2n) is 6.34. The van der Waals surface area contributed by atoms with E-state index in [2.05, 4.69) is 5.32 Å². The molecule has 2 rings (SSSR count). The van der Waals surface area contributed by atoms with E-state index in [1.807, 2.05) is 25.2 Å². The number of methoxy groups -OCH3 is 2. The first kappa shape index (κ1) is 21.5. The van der Waals surface area contributed by atoms with Gasteiger partial charge >= 0.3 is 0 Å². The lowest BCUT2D eigenvalue weighted by molar-refractivity contribution is -0.907. The fraction of sp³-hybridized carbons (Fsp3) is 0.316. The van der Waals surface area contributed by atoms with E-state index in [0.29, 0.717) is 23.7 Å². The van der Waals surface area contributed by atoms with Crippen LogP contribution in [0.5, 0.6) is 11.5 Å². The van der Waals surface area contributed by atoms with Crippen molar-refractivity contribution in [2.45, 2.75) is 19.5 Å². The normalized spacial score (nSPS) is 12.8. The number of nitrogens with one attached hydrogen (secondary N) is 2. The number of hydrogen-bond acceptors (Lipinski definition) is 5. The molecule has 0 aliphatic carbocycles. The van der Waals surface area contributed by atoms with Gasteiger partial charge in [-0.2, -0.15) is 0 Å². The van der Waals surface area contributed by atoms with Crippen LogP contribution in [0.15, 0.2) is 36.4 Å². The number of non-ortho nitro benzene ring substituents is 1. The maximum absolute atomic E-state index is 12.6. The van der Waals surface area contributed by atoms with Crippen LogP contribution in [0.3, 0.4) is 0 Å². The molecule has 1 amide bonds. The second kappa shape index (κ2) is 9.38. The number of carbonyl (C=O) groups is 1. The number of amides is 1. The van der Waals surface area contributed by atoms with Crippen LogP contribution in [-0.4, -0.2) is 38.1 Å². The van der Waals surface area contributed by atoms with Crippen molar-refractivity contribution in [2.24, 2.45) is 0 Å². The molecule has 8 nitrogen and oxygen atoms in total. The Bertz CT molecular complexity index is 875. The summed E-state index contributed by atoms with van der Waals surface area (Å²) in [6, 6.07) is 9.16. The Kier molecular flexibility index (Phi) is 7.19. The standard InChI is InChI=1S/C19H22ClN3O5/c1-12(19(24)21-16-7-6-14(23(25)26)10-15(16)20)22(2)11-13-5-8-17(27-3)18(9-13)28-4/h5-10,12H,11H2,1-4H3,(H,21,24)/p+1/t12-/m0/s1. The number of hydrogen-bond donors (Lipinski definition) is 2. The molecule has 0 saturated heterocycles. The largest absolute Gasteiger partial charge is 0.493 e. The lowest BCUT2D eigenvalue weighted by Crippen LogP contribution is -3.12. The highest BCUT2D eigenvalue weighted by Gasteiger charge is 2.23. The minimum absolute atomic E-state index is 0.118. The number of rotatable bonds is 8. The van der Waals surface area contributed by atoms with Gasteiger partial charge in [0.2, 0.25) is 0 Å². The van der Waals surface area contributed by atoms with Crippen LogP contribution in [0.4, 0.5) is 11.4 Å². The minimum Gasteiger partial charge on any atom is -0.493 e. The fourth-order valence-corrected chi connectivity index (χ4v) is 2.87. The van der Waals surface area contributed by atoms with E-state index >= 15 is 0 Å². The summed E-state index contributed by atoms with van der Waals surface area (Å²) in [5, 5.41) is 13.6. The van der Waals surface area contributed by atoms with Crippen LogP contribution in [0.2, 0.25) is 5.02 Å². The molecular formula is C19H23ClN3O5+. The van der Waals surface area contributed by atoms with Gasteiger partial charge in [0, 0.05) is 17.7 Å². The van der Waals surface area contributed by atoms with Gasteiger partial charge in [0.15, 0.2) is 17.5 Å². The van der Waals surface area contributed by atoms with Gasteiger partial charge in [-0.1, -0.05) is 11.6 Å². The monoisotopic (exact) mass is 408 g/mol. The summed E-state index contributed by atoms with van der Waals surface area (Å²) >= 11 is 6.04. The molecule has 2 aromatic rings. The second-order valence-corrected chi connectivity index (χ2v) is 6.75. The van der Waals surface area contributed by atoms with E-state index < -0.39 is 4.92 Å². The van der Waals surface area contributed by atoms with E-state index in [1.165, 1.54) is 18.2 Å². The molecule has 2 N–H and O–H groups in total. The lowest BCUT2D eigenvalue weighted by atomic mass is 10.1.